The molecule has 11 heteroatoms. The molecule has 34 heavy (non-hydrogen) atoms. The van der Waals surface area contributed by atoms with E-state index < -0.39 is 12.1 Å². The molecular formula is C23H20Cl2F3N5O. The number of nitrogens with one attached hydrogen (secondary N) is 2. The highest BCUT2D eigenvalue weighted by Gasteiger charge is 2.43. The van der Waals surface area contributed by atoms with Gasteiger partial charge in [-0.15, -0.1) is 0 Å². The largest absolute Gasteiger partial charge is 0.471 e. The van der Waals surface area contributed by atoms with Crippen LogP contribution in [0.2, 0.25) is 10.0 Å². The fourth-order valence-corrected chi connectivity index (χ4v) is 4.26. The first-order chi connectivity index (χ1) is 16.2. The van der Waals surface area contributed by atoms with E-state index in [-0.39, 0.29) is 19.1 Å². The Kier molecular flexibility index (Phi) is 7.13. The average Bonchev–Trinajstić information content (AvgIpc) is 2.79. The number of hydrogen-bond acceptors (Lipinski definition) is 5. The zero-order valence-electron chi connectivity index (χ0n) is 17.7. The SMILES string of the molecule is O=C(N1CCC(Nc2nc(Nc3cc(Cl)cc(Cl)c3)ncc2-c2ccccc2)CC1)C(F)(F)F. The van der Waals surface area contributed by atoms with Crippen LogP contribution in [0.4, 0.5) is 30.6 Å². The average molecular weight is 510 g/mol. The van der Waals surface area contributed by atoms with Gasteiger partial charge in [-0.2, -0.15) is 18.2 Å². The molecule has 1 fully saturated rings. The first kappa shape index (κ1) is 24.1. The van der Waals surface area contributed by atoms with Crippen LogP contribution in [0.1, 0.15) is 12.8 Å². The summed E-state index contributed by atoms with van der Waals surface area (Å²) in [5.41, 5.74) is 2.23. The molecule has 2 heterocycles. The molecule has 0 saturated carbocycles. The van der Waals surface area contributed by atoms with Crippen LogP contribution >= 0.6 is 23.2 Å². The highest BCUT2D eigenvalue weighted by molar-refractivity contribution is 6.35. The molecule has 0 spiro atoms. The third-order valence-electron chi connectivity index (χ3n) is 5.36. The predicted octanol–water partition coefficient (Wildman–Crippen LogP) is 6.16. The number of hydrogen-bond donors (Lipinski definition) is 2. The van der Waals surface area contributed by atoms with Crippen molar-refractivity contribution in [1.82, 2.24) is 14.9 Å². The molecule has 6 nitrogen and oxygen atoms in total. The zero-order valence-corrected chi connectivity index (χ0v) is 19.3. The van der Waals surface area contributed by atoms with Crippen molar-refractivity contribution in [3.8, 4) is 11.1 Å². The Balaban J connectivity index is 1.55. The number of benzene rings is 2. The third kappa shape index (κ3) is 5.90. The zero-order chi connectivity index (χ0) is 24.3. The summed E-state index contributed by atoms with van der Waals surface area (Å²) < 4.78 is 38.2. The van der Waals surface area contributed by atoms with Gasteiger partial charge in [-0.3, -0.25) is 4.79 Å². The molecule has 0 bridgehead atoms. The second-order valence-corrected chi connectivity index (χ2v) is 8.69. The summed E-state index contributed by atoms with van der Waals surface area (Å²) in [4.78, 5) is 21.4. The van der Waals surface area contributed by atoms with Gasteiger partial charge in [-0.05, 0) is 36.6 Å². The van der Waals surface area contributed by atoms with E-state index >= 15 is 0 Å². The van der Waals surface area contributed by atoms with Crippen molar-refractivity contribution < 1.29 is 18.0 Å². The fourth-order valence-electron chi connectivity index (χ4n) is 3.74. The van der Waals surface area contributed by atoms with E-state index in [9.17, 15) is 18.0 Å². The van der Waals surface area contributed by atoms with Crippen LogP contribution in [0.3, 0.4) is 0 Å². The second kappa shape index (κ2) is 10.1. The Morgan fingerprint density at radius 3 is 2.29 bits per heavy atom. The highest BCUT2D eigenvalue weighted by Crippen LogP contribution is 2.31. The van der Waals surface area contributed by atoms with Gasteiger partial charge in [-0.1, -0.05) is 53.5 Å². The van der Waals surface area contributed by atoms with Crippen molar-refractivity contribution in [2.75, 3.05) is 23.7 Å². The van der Waals surface area contributed by atoms with Crippen LogP contribution in [-0.2, 0) is 4.79 Å². The molecule has 1 saturated heterocycles. The monoisotopic (exact) mass is 509 g/mol. The topological polar surface area (TPSA) is 70.2 Å². The molecule has 1 amide bonds. The van der Waals surface area contributed by atoms with Crippen molar-refractivity contribution in [3.05, 3.63) is 64.8 Å². The van der Waals surface area contributed by atoms with Gasteiger partial charge in [0, 0.05) is 46.6 Å². The Morgan fingerprint density at radius 1 is 1.03 bits per heavy atom. The van der Waals surface area contributed by atoms with E-state index in [1.807, 2.05) is 30.3 Å². The van der Waals surface area contributed by atoms with Gasteiger partial charge in [0.15, 0.2) is 0 Å². The van der Waals surface area contributed by atoms with E-state index in [0.717, 1.165) is 16.0 Å². The van der Waals surface area contributed by atoms with Gasteiger partial charge in [0.25, 0.3) is 0 Å². The maximum absolute atomic E-state index is 12.7. The van der Waals surface area contributed by atoms with Gasteiger partial charge in [0.05, 0.1) is 0 Å². The van der Waals surface area contributed by atoms with Crippen LogP contribution in [0.15, 0.2) is 54.7 Å². The number of carbonyl (C=O) groups is 1. The van der Waals surface area contributed by atoms with Crippen molar-refractivity contribution in [1.29, 1.82) is 0 Å². The molecule has 3 aromatic rings. The maximum atomic E-state index is 12.7. The lowest BCUT2D eigenvalue weighted by Gasteiger charge is -2.33. The second-order valence-electron chi connectivity index (χ2n) is 7.81. The number of halogens is 5. The van der Waals surface area contributed by atoms with E-state index in [4.69, 9.17) is 23.2 Å². The minimum atomic E-state index is -4.86. The Labute approximate surface area is 204 Å². The lowest BCUT2D eigenvalue weighted by Crippen LogP contribution is -2.47. The quantitative estimate of drug-likeness (QED) is 0.431. The van der Waals surface area contributed by atoms with Crippen molar-refractivity contribution >= 4 is 46.6 Å². The minimum Gasteiger partial charge on any atom is -0.367 e. The Morgan fingerprint density at radius 2 is 1.68 bits per heavy atom. The van der Waals surface area contributed by atoms with Crippen molar-refractivity contribution in [2.24, 2.45) is 0 Å². The number of carbonyl (C=O) groups excluding carboxylic acids is 1. The molecule has 0 aliphatic carbocycles. The lowest BCUT2D eigenvalue weighted by molar-refractivity contribution is -0.186. The van der Waals surface area contributed by atoms with Crippen molar-refractivity contribution in [3.63, 3.8) is 0 Å². The van der Waals surface area contributed by atoms with Gasteiger partial charge in [0.1, 0.15) is 5.82 Å². The summed E-state index contributed by atoms with van der Waals surface area (Å²) in [6.45, 7) is 0.0156. The number of rotatable bonds is 5. The summed E-state index contributed by atoms with van der Waals surface area (Å²) >= 11 is 12.1. The van der Waals surface area contributed by atoms with Gasteiger partial charge < -0.3 is 15.5 Å². The van der Waals surface area contributed by atoms with Crippen LogP contribution < -0.4 is 10.6 Å². The number of piperidine rings is 1. The molecular weight excluding hydrogens is 490 g/mol. The number of anilines is 3. The molecule has 1 aromatic heterocycles. The van der Waals surface area contributed by atoms with Crippen LogP contribution in [0.25, 0.3) is 11.1 Å². The number of amides is 1. The fraction of sp³-hybridized carbons (Fsp3) is 0.261. The van der Waals surface area contributed by atoms with Crippen LogP contribution in [0, 0.1) is 0 Å². The van der Waals surface area contributed by atoms with Crippen molar-refractivity contribution in [2.45, 2.75) is 25.1 Å². The molecule has 0 atom stereocenters. The van der Waals surface area contributed by atoms with E-state index in [1.165, 1.54) is 0 Å². The van der Waals surface area contributed by atoms with Crippen LogP contribution in [0.5, 0.6) is 0 Å². The van der Waals surface area contributed by atoms with Gasteiger partial charge in [-0.25, -0.2) is 4.98 Å². The first-order valence-corrected chi connectivity index (χ1v) is 11.2. The Hall–Kier alpha value is -3.04. The standard InChI is InChI=1S/C23H20Cl2F3N5O/c24-15-10-16(25)12-18(11-15)31-22-29-13-19(14-4-2-1-3-5-14)20(32-22)30-17-6-8-33(9-7-17)21(34)23(26,27)28/h1-5,10-13,17H,6-9H2,(H2,29,30,31,32). The smallest absolute Gasteiger partial charge is 0.367 e. The van der Waals surface area contributed by atoms with Crippen LogP contribution in [-0.4, -0.2) is 46.1 Å². The molecule has 0 radical (unpaired) electrons. The number of likely N-dealkylation sites (tertiary alicyclic amines) is 1. The molecule has 178 valence electrons. The van der Waals surface area contributed by atoms with E-state index in [2.05, 4.69) is 20.6 Å². The molecule has 4 rings (SSSR count). The molecule has 2 N–H and O–H groups in total. The maximum Gasteiger partial charge on any atom is 0.471 e. The number of nitrogens with zero attached hydrogens (tertiary/aromatic N) is 3. The Bertz CT molecular complexity index is 1150. The molecule has 0 unspecified atom stereocenters. The minimum absolute atomic E-state index is 0.00782. The summed E-state index contributed by atoms with van der Waals surface area (Å²) in [5.74, 6) is -0.979. The van der Waals surface area contributed by atoms with Gasteiger partial charge in [0.2, 0.25) is 5.95 Å². The highest BCUT2D eigenvalue weighted by atomic mass is 35.5. The number of alkyl halides is 3. The normalized spacial score (nSPS) is 14.7. The number of aromatic nitrogens is 2. The predicted molar refractivity (Wildman–Crippen MR) is 126 cm³/mol. The van der Waals surface area contributed by atoms with Gasteiger partial charge >= 0.3 is 12.1 Å². The van der Waals surface area contributed by atoms with E-state index in [1.54, 1.807) is 24.4 Å². The van der Waals surface area contributed by atoms with E-state index in [0.29, 0.717) is 40.3 Å². The summed E-state index contributed by atoms with van der Waals surface area (Å²) in [5, 5.41) is 7.31. The lowest BCUT2D eigenvalue weighted by atomic mass is 10.0. The summed E-state index contributed by atoms with van der Waals surface area (Å²) in [6.07, 6.45) is -2.49. The summed E-state index contributed by atoms with van der Waals surface area (Å²) in [6, 6.07) is 14.3. The molecule has 2 aromatic carbocycles. The third-order valence-corrected chi connectivity index (χ3v) is 5.79. The molecule has 1 aliphatic heterocycles. The first-order valence-electron chi connectivity index (χ1n) is 10.5. The summed E-state index contributed by atoms with van der Waals surface area (Å²) in [7, 11) is 0. The molecule has 1 aliphatic rings.